The molecule has 0 saturated carbocycles. The molecule has 112 valence electrons. The van der Waals surface area contributed by atoms with Gasteiger partial charge in [0.1, 0.15) is 0 Å². The van der Waals surface area contributed by atoms with Gasteiger partial charge in [-0.15, -0.1) is 11.3 Å². The zero-order chi connectivity index (χ0) is 15.7. The Balaban J connectivity index is 2.57. The molecule has 0 unspecified atom stereocenters. The summed E-state index contributed by atoms with van der Waals surface area (Å²) in [4.78, 5) is 1.47. The number of allylic oxidation sites excluding steroid dienone is 2. The lowest BCUT2D eigenvalue weighted by molar-refractivity contribution is 0.592. The van der Waals surface area contributed by atoms with Crippen LogP contribution in [-0.4, -0.2) is 0 Å². The van der Waals surface area contributed by atoms with Crippen molar-refractivity contribution in [2.24, 2.45) is 0 Å². The van der Waals surface area contributed by atoms with E-state index in [0.29, 0.717) is 0 Å². The second kappa shape index (κ2) is 4.46. The molecule has 0 bridgehead atoms. The summed E-state index contributed by atoms with van der Waals surface area (Å²) in [7, 11) is 0. The van der Waals surface area contributed by atoms with Crippen molar-refractivity contribution in [3.8, 4) is 0 Å². The fourth-order valence-electron chi connectivity index (χ4n) is 3.91. The molecule has 1 aliphatic rings. The van der Waals surface area contributed by atoms with E-state index in [1.54, 1.807) is 22.3 Å². The van der Waals surface area contributed by atoms with Gasteiger partial charge in [0.25, 0.3) is 0 Å². The number of rotatable bonds is 0. The lowest BCUT2D eigenvalue weighted by atomic mass is 9.79. The molecule has 0 spiro atoms. The minimum Gasteiger partial charge on any atom is -0.140 e. The van der Waals surface area contributed by atoms with E-state index in [0.717, 1.165) is 6.42 Å². The van der Waals surface area contributed by atoms with Crippen LogP contribution in [0.1, 0.15) is 67.3 Å². The van der Waals surface area contributed by atoms with E-state index in [9.17, 15) is 0 Å². The fraction of sp³-hybridized carbons (Fsp3) is 0.500. The summed E-state index contributed by atoms with van der Waals surface area (Å²) in [6.45, 7) is 18.6. The molecule has 1 aromatic heterocycles. The van der Waals surface area contributed by atoms with Crippen molar-refractivity contribution in [3.05, 3.63) is 38.3 Å². The Labute approximate surface area is 132 Å². The molecule has 2 aromatic rings. The predicted octanol–water partition coefficient (Wildman–Crippen LogP) is 6.47. The van der Waals surface area contributed by atoms with Crippen LogP contribution in [0.15, 0.2) is 5.57 Å². The van der Waals surface area contributed by atoms with Crippen molar-refractivity contribution in [3.63, 3.8) is 0 Å². The smallest absolute Gasteiger partial charge is 0.0394 e. The number of aryl methyl sites for hydroxylation is 2. The molecular formula is C20H26S. The summed E-state index contributed by atoms with van der Waals surface area (Å²) in [6, 6.07) is 0. The van der Waals surface area contributed by atoms with Crippen LogP contribution in [0.25, 0.3) is 15.7 Å². The molecule has 1 heterocycles. The second-order valence-corrected chi connectivity index (χ2v) is 8.90. The topological polar surface area (TPSA) is 0 Å². The molecule has 0 saturated heterocycles. The Bertz CT molecular complexity index is 792. The van der Waals surface area contributed by atoms with E-state index in [1.807, 2.05) is 11.3 Å². The van der Waals surface area contributed by atoms with Crippen LogP contribution in [0, 0.1) is 20.8 Å². The van der Waals surface area contributed by atoms with Gasteiger partial charge in [0.05, 0.1) is 0 Å². The standard InChI is InChI=1S/C20H26S/c1-10-9-15-13(4)18(20(6,7)8)19-17(16(15)11(10)2)12(3)14(5)21-19/h9H2,1-8H3. The van der Waals surface area contributed by atoms with Gasteiger partial charge >= 0.3 is 0 Å². The third kappa shape index (κ3) is 1.93. The van der Waals surface area contributed by atoms with Gasteiger partial charge in [0.2, 0.25) is 0 Å². The van der Waals surface area contributed by atoms with Crippen molar-refractivity contribution in [1.82, 2.24) is 0 Å². The first kappa shape index (κ1) is 14.8. The average molecular weight is 298 g/mol. The summed E-state index contributed by atoms with van der Waals surface area (Å²) in [5.41, 5.74) is 11.0. The van der Waals surface area contributed by atoms with Crippen LogP contribution in [0.2, 0.25) is 0 Å². The first-order valence-electron chi connectivity index (χ1n) is 7.87. The highest BCUT2D eigenvalue weighted by Crippen LogP contribution is 2.48. The number of thiophene rings is 1. The van der Waals surface area contributed by atoms with E-state index in [4.69, 9.17) is 0 Å². The van der Waals surface area contributed by atoms with Crippen molar-refractivity contribution >= 4 is 27.0 Å². The monoisotopic (exact) mass is 298 g/mol. The van der Waals surface area contributed by atoms with Crippen LogP contribution in [0.4, 0.5) is 0 Å². The SMILES string of the molecule is CC1=C(C)c2c(c(C)c(C(C)(C)C)c3sc(C)c(C)c23)C1. The van der Waals surface area contributed by atoms with Crippen molar-refractivity contribution in [1.29, 1.82) is 0 Å². The minimum absolute atomic E-state index is 0.200. The molecular weight excluding hydrogens is 272 g/mol. The minimum atomic E-state index is 0.200. The Kier molecular flexibility index (Phi) is 3.15. The molecule has 0 aliphatic heterocycles. The van der Waals surface area contributed by atoms with Crippen molar-refractivity contribution in [2.75, 3.05) is 0 Å². The Hall–Kier alpha value is -1.08. The molecule has 0 N–H and O–H groups in total. The maximum atomic E-state index is 2.35. The van der Waals surface area contributed by atoms with E-state index in [1.165, 1.54) is 31.7 Å². The van der Waals surface area contributed by atoms with E-state index in [2.05, 4.69) is 55.4 Å². The first-order chi connectivity index (χ1) is 9.64. The van der Waals surface area contributed by atoms with E-state index in [-0.39, 0.29) is 5.41 Å². The summed E-state index contributed by atoms with van der Waals surface area (Å²) in [5, 5.41) is 1.54. The van der Waals surface area contributed by atoms with Crippen LogP contribution < -0.4 is 0 Å². The summed E-state index contributed by atoms with van der Waals surface area (Å²) in [5.74, 6) is 0. The number of hydrogen-bond acceptors (Lipinski definition) is 1. The molecule has 0 nitrogen and oxygen atoms in total. The highest BCUT2D eigenvalue weighted by atomic mass is 32.1. The van der Waals surface area contributed by atoms with Gasteiger partial charge in [-0.3, -0.25) is 0 Å². The highest BCUT2D eigenvalue weighted by Gasteiger charge is 2.30. The first-order valence-corrected chi connectivity index (χ1v) is 8.68. The molecule has 0 fully saturated rings. The van der Waals surface area contributed by atoms with Crippen LogP contribution >= 0.6 is 11.3 Å². The largest absolute Gasteiger partial charge is 0.140 e. The Morgan fingerprint density at radius 3 is 2.10 bits per heavy atom. The molecule has 21 heavy (non-hydrogen) atoms. The molecule has 1 heteroatoms. The van der Waals surface area contributed by atoms with Gasteiger partial charge in [-0.1, -0.05) is 26.3 Å². The fourth-order valence-corrected chi connectivity index (χ4v) is 5.39. The predicted molar refractivity (Wildman–Crippen MR) is 96.7 cm³/mol. The molecule has 3 rings (SSSR count). The third-order valence-corrected chi connectivity index (χ3v) is 6.42. The van der Waals surface area contributed by atoms with Gasteiger partial charge in [0, 0.05) is 15.0 Å². The van der Waals surface area contributed by atoms with Crippen LogP contribution in [-0.2, 0) is 11.8 Å². The van der Waals surface area contributed by atoms with Crippen molar-refractivity contribution in [2.45, 2.75) is 67.2 Å². The van der Waals surface area contributed by atoms with Gasteiger partial charge in [0.15, 0.2) is 0 Å². The maximum Gasteiger partial charge on any atom is 0.0394 e. The molecule has 1 aliphatic carbocycles. The third-order valence-electron chi connectivity index (χ3n) is 5.20. The van der Waals surface area contributed by atoms with Gasteiger partial charge in [-0.05, 0) is 79.8 Å². The van der Waals surface area contributed by atoms with Gasteiger partial charge in [-0.25, -0.2) is 0 Å². The van der Waals surface area contributed by atoms with Crippen molar-refractivity contribution < 1.29 is 0 Å². The lowest BCUT2D eigenvalue weighted by Crippen LogP contribution is -2.15. The number of benzene rings is 1. The molecule has 1 aromatic carbocycles. The van der Waals surface area contributed by atoms with E-state index >= 15 is 0 Å². The zero-order valence-electron chi connectivity index (χ0n) is 14.6. The van der Waals surface area contributed by atoms with E-state index < -0.39 is 0 Å². The zero-order valence-corrected chi connectivity index (χ0v) is 15.4. The molecule has 0 amide bonds. The van der Waals surface area contributed by atoms with Gasteiger partial charge in [-0.2, -0.15) is 0 Å². The van der Waals surface area contributed by atoms with Crippen LogP contribution in [0.3, 0.4) is 0 Å². The van der Waals surface area contributed by atoms with Crippen LogP contribution in [0.5, 0.6) is 0 Å². The quantitative estimate of drug-likeness (QED) is 0.522. The summed E-state index contributed by atoms with van der Waals surface area (Å²) < 4.78 is 1.53. The maximum absolute atomic E-state index is 2.35. The average Bonchev–Trinajstić information content (AvgIpc) is 2.79. The normalized spacial score (nSPS) is 15.2. The lowest BCUT2D eigenvalue weighted by Gasteiger charge is -2.25. The Morgan fingerprint density at radius 1 is 0.905 bits per heavy atom. The summed E-state index contributed by atoms with van der Waals surface area (Å²) >= 11 is 1.99. The number of fused-ring (bicyclic) bond motifs is 3. The summed E-state index contributed by atoms with van der Waals surface area (Å²) in [6.07, 6.45) is 1.14. The Morgan fingerprint density at radius 2 is 1.52 bits per heavy atom. The number of hydrogen-bond donors (Lipinski definition) is 0. The van der Waals surface area contributed by atoms with Gasteiger partial charge < -0.3 is 0 Å². The molecule has 0 radical (unpaired) electrons. The molecule has 0 atom stereocenters. The highest BCUT2D eigenvalue weighted by molar-refractivity contribution is 7.19. The second-order valence-electron chi connectivity index (χ2n) is 7.67.